The van der Waals surface area contributed by atoms with Gasteiger partial charge in [0.05, 0.1) is 5.69 Å². The number of amides is 1. The van der Waals surface area contributed by atoms with E-state index in [9.17, 15) is 9.18 Å². The lowest BCUT2D eigenvalue weighted by molar-refractivity contribution is 0.0993. The van der Waals surface area contributed by atoms with Crippen LogP contribution >= 0.6 is 11.8 Å². The van der Waals surface area contributed by atoms with Gasteiger partial charge in [-0.25, -0.2) is 4.39 Å². The molecule has 0 radical (unpaired) electrons. The van der Waals surface area contributed by atoms with Gasteiger partial charge in [0.2, 0.25) is 0 Å². The van der Waals surface area contributed by atoms with E-state index >= 15 is 0 Å². The number of anilines is 2. The maximum Gasteiger partial charge on any atom is 0.258 e. The zero-order valence-electron chi connectivity index (χ0n) is 19.4. The molecule has 0 N–H and O–H groups in total. The Hall–Kier alpha value is -2.83. The third-order valence-electron chi connectivity index (χ3n) is 6.21. The number of benzene rings is 3. The lowest BCUT2D eigenvalue weighted by Gasteiger charge is -2.23. The summed E-state index contributed by atoms with van der Waals surface area (Å²) in [4.78, 5) is 20.0. The third kappa shape index (κ3) is 5.57. The standard InChI is InChI=1S/C27H30FN3OS.H2/c1-29(2)23-15-16-31(18-23)26-14-13-22(17-25(26)28)30(3)27(32)21-11-9-20(10-12-21)19-33-24-7-5-4-6-8-24;/h4-14,17,23H,15-16,18-19H2,1-3H3;1H. The van der Waals surface area contributed by atoms with Gasteiger partial charge >= 0.3 is 0 Å². The van der Waals surface area contributed by atoms with Gasteiger partial charge in [-0.05, 0) is 68.5 Å². The molecule has 33 heavy (non-hydrogen) atoms. The molecule has 1 heterocycles. The first-order valence-corrected chi connectivity index (χ1v) is 12.2. The molecular formula is C27H32FN3OS. The molecule has 4 rings (SSSR count). The van der Waals surface area contributed by atoms with E-state index in [1.54, 1.807) is 24.9 Å². The molecule has 3 aromatic rings. The smallest absolute Gasteiger partial charge is 0.258 e. The second-order valence-electron chi connectivity index (χ2n) is 8.65. The third-order valence-corrected chi connectivity index (χ3v) is 7.29. The van der Waals surface area contributed by atoms with Crippen LogP contribution in [-0.4, -0.2) is 51.1 Å². The van der Waals surface area contributed by atoms with Gasteiger partial charge in [-0.3, -0.25) is 4.79 Å². The summed E-state index contributed by atoms with van der Waals surface area (Å²) in [6, 6.07) is 23.4. The summed E-state index contributed by atoms with van der Waals surface area (Å²) in [6.07, 6.45) is 1.02. The summed E-state index contributed by atoms with van der Waals surface area (Å²) in [5.74, 6) is 0.393. The molecule has 1 amide bonds. The average molecular weight is 466 g/mol. The zero-order chi connectivity index (χ0) is 23.4. The zero-order valence-corrected chi connectivity index (χ0v) is 20.2. The Bertz CT molecular complexity index is 1090. The molecule has 1 atom stereocenters. The predicted molar refractivity (Wildman–Crippen MR) is 138 cm³/mol. The molecule has 0 aromatic heterocycles. The molecule has 1 unspecified atom stereocenters. The monoisotopic (exact) mass is 465 g/mol. The average Bonchev–Trinajstić information content (AvgIpc) is 3.33. The number of nitrogens with zero attached hydrogens (tertiary/aromatic N) is 3. The van der Waals surface area contributed by atoms with E-state index in [0.717, 1.165) is 30.8 Å². The highest BCUT2D eigenvalue weighted by molar-refractivity contribution is 7.98. The van der Waals surface area contributed by atoms with Gasteiger partial charge in [-0.1, -0.05) is 30.3 Å². The quantitative estimate of drug-likeness (QED) is 0.413. The summed E-state index contributed by atoms with van der Waals surface area (Å²) in [7, 11) is 5.81. The number of likely N-dealkylation sites (N-methyl/N-ethyl adjacent to an activating group) is 1. The van der Waals surface area contributed by atoms with E-state index in [2.05, 4.69) is 36.0 Å². The molecule has 1 saturated heterocycles. The first kappa shape index (κ1) is 23.3. The number of rotatable bonds is 7. The molecule has 3 aromatic carbocycles. The van der Waals surface area contributed by atoms with Crippen molar-refractivity contribution >= 4 is 29.0 Å². The number of thioether (sulfide) groups is 1. The molecule has 174 valence electrons. The number of hydrogen-bond acceptors (Lipinski definition) is 4. The fourth-order valence-corrected chi connectivity index (χ4v) is 4.96. The van der Waals surface area contributed by atoms with E-state index < -0.39 is 0 Å². The summed E-state index contributed by atoms with van der Waals surface area (Å²) in [5, 5.41) is 0. The Morgan fingerprint density at radius 1 is 1.06 bits per heavy atom. The Balaban J connectivity index is 0.00000324. The van der Waals surface area contributed by atoms with Gasteiger partial charge in [0.25, 0.3) is 5.91 Å². The van der Waals surface area contributed by atoms with Gasteiger partial charge in [-0.2, -0.15) is 0 Å². The fraction of sp³-hybridized carbons (Fsp3) is 0.296. The lowest BCUT2D eigenvalue weighted by atomic mass is 10.1. The van der Waals surface area contributed by atoms with Gasteiger partial charge in [-0.15, -0.1) is 11.8 Å². The topological polar surface area (TPSA) is 26.8 Å². The SMILES string of the molecule is CN(C(=O)c1ccc(CSc2ccccc2)cc1)c1ccc(N2CCC(N(C)C)C2)c(F)c1.[HH]. The lowest BCUT2D eigenvalue weighted by Crippen LogP contribution is -2.31. The van der Waals surface area contributed by atoms with Crippen molar-refractivity contribution in [2.45, 2.75) is 23.1 Å². The van der Waals surface area contributed by atoms with E-state index in [1.807, 2.05) is 48.5 Å². The molecule has 4 nitrogen and oxygen atoms in total. The van der Waals surface area contributed by atoms with Crippen LogP contribution in [-0.2, 0) is 5.75 Å². The summed E-state index contributed by atoms with van der Waals surface area (Å²) < 4.78 is 14.9. The van der Waals surface area contributed by atoms with Crippen LogP contribution in [0.25, 0.3) is 0 Å². The van der Waals surface area contributed by atoms with Crippen molar-refractivity contribution in [1.82, 2.24) is 4.90 Å². The van der Waals surface area contributed by atoms with Crippen LogP contribution in [0.15, 0.2) is 77.7 Å². The van der Waals surface area contributed by atoms with Crippen LogP contribution in [0.5, 0.6) is 0 Å². The van der Waals surface area contributed by atoms with Crippen molar-refractivity contribution in [2.24, 2.45) is 0 Å². The van der Waals surface area contributed by atoms with Crippen LogP contribution in [0.4, 0.5) is 15.8 Å². The van der Waals surface area contributed by atoms with Gasteiger partial charge in [0, 0.05) is 49.5 Å². The van der Waals surface area contributed by atoms with Crippen molar-refractivity contribution in [2.75, 3.05) is 44.0 Å². The van der Waals surface area contributed by atoms with Crippen LogP contribution in [0, 0.1) is 5.82 Å². The number of carbonyl (C=O) groups excluding carboxylic acids is 1. The molecule has 0 aliphatic carbocycles. The van der Waals surface area contributed by atoms with Gasteiger partial charge in [0.1, 0.15) is 5.82 Å². The first-order valence-electron chi connectivity index (χ1n) is 11.2. The van der Waals surface area contributed by atoms with E-state index in [-0.39, 0.29) is 13.2 Å². The van der Waals surface area contributed by atoms with Crippen molar-refractivity contribution in [3.05, 3.63) is 89.7 Å². The van der Waals surface area contributed by atoms with Crippen LogP contribution in [0.1, 0.15) is 23.8 Å². The molecule has 0 spiro atoms. The minimum atomic E-state index is -0.292. The fourth-order valence-electron chi connectivity index (χ4n) is 4.08. The molecule has 1 aliphatic heterocycles. The normalized spacial score (nSPS) is 15.8. The highest BCUT2D eigenvalue weighted by Crippen LogP contribution is 2.29. The maximum absolute atomic E-state index is 14.9. The van der Waals surface area contributed by atoms with Crippen LogP contribution in [0.2, 0.25) is 0 Å². The largest absolute Gasteiger partial charge is 0.368 e. The molecule has 0 saturated carbocycles. The summed E-state index contributed by atoms with van der Waals surface area (Å²) in [5.41, 5.74) is 2.89. The molecular weight excluding hydrogens is 433 g/mol. The second-order valence-corrected chi connectivity index (χ2v) is 9.70. The van der Waals surface area contributed by atoms with Gasteiger partial charge < -0.3 is 14.7 Å². The Labute approximate surface area is 201 Å². The highest BCUT2D eigenvalue weighted by atomic mass is 32.2. The number of halogens is 1. The van der Waals surface area contributed by atoms with Crippen LogP contribution in [0.3, 0.4) is 0 Å². The molecule has 6 heteroatoms. The molecule has 0 bridgehead atoms. The van der Waals surface area contributed by atoms with Crippen LogP contribution < -0.4 is 9.80 Å². The first-order chi connectivity index (χ1) is 15.9. The van der Waals surface area contributed by atoms with Crippen molar-refractivity contribution in [3.8, 4) is 0 Å². The number of hydrogen-bond donors (Lipinski definition) is 0. The minimum Gasteiger partial charge on any atom is -0.368 e. The van der Waals surface area contributed by atoms with Crippen molar-refractivity contribution < 1.29 is 10.6 Å². The Kier molecular flexibility index (Phi) is 7.36. The molecule has 1 aliphatic rings. The second kappa shape index (κ2) is 10.4. The molecule has 1 fully saturated rings. The Morgan fingerprint density at radius 3 is 2.42 bits per heavy atom. The number of carbonyl (C=O) groups is 1. The maximum atomic E-state index is 14.9. The minimum absolute atomic E-state index is 0. The predicted octanol–water partition coefficient (Wildman–Crippen LogP) is 5.78. The Morgan fingerprint density at radius 2 is 1.79 bits per heavy atom. The highest BCUT2D eigenvalue weighted by Gasteiger charge is 2.26. The van der Waals surface area contributed by atoms with E-state index in [4.69, 9.17) is 0 Å². The summed E-state index contributed by atoms with van der Waals surface area (Å²) >= 11 is 1.76. The van der Waals surface area contributed by atoms with Gasteiger partial charge in [0.15, 0.2) is 0 Å². The van der Waals surface area contributed by atoms with Crippen molar-refractivity contribution in [1.29, 1.82) is 0 Å². The van der Waals surface area contributed by atoms with E-state index in [0.29, 0.717) is 23.0 Å². The van der Waals surface area contributed by atoms with Crippen molar-refractivity contribution in [3.63, 3.8) is 0 Å². The van der Waals surface area contributed by atoms with E-state index in [1.165, 1.54) is 15.9 Å². The summed E-state index contributed by atoms with van der Waals surface area (Å²) in [6.45, 7) is 1.65.